The molecule has 2 bridgehead atoms. The van der Waals surface area contributed by atoms with Gasteiger partial charge in [0.25, 0.3) is 0 Å². The second-order valence-electron chi connectivity index (χ2n) is 8.82. The van der Waals surface area contributed by atoms with Crippen LogP contribution in [-0.4, -0.2) is 36.0 Å². The Kier molecular flexibility index (Phi) is 3.26. The molecule has 0 spiro atoms. The van der Waals surface area contributed by atoms with Crippen molar-refractivity contribution in [1.29, 1.82) is 0 Å². The van der Waals surface area contributed by atoms with Crippen molar-refractivity contribution in [1.82, 2.24) is 4.90 Å². The summed E-state index contributed by atoms with van der Waals surface area (Å²) in [5.41, 5.74) is 4.14. The molecule has 0 saturated carbocycles. The molecular weight excluding hydrogens is 350 g/mol. The highest BCUT2D eigenvalue weighted by atomic mass is 16.5. The van der Waals surface area contributed by atoms with E-state index in [-0.39, 0.29) is 35.7 Å². The van der Waals surface area contributed by atoms with Crippen LogP contribution in [0, 0.1) is 11.3 Å². The van der Waals surface area contributed by atoms with Crippen molar-refractivity contribution in [3.8, 4) is 0 Å². The van der Waals surface area contributed by atoms with Gasteiger partial charge in [0.05, 0.1) is 24.0 Å². The van der Waals surface area contributed by atoms with Gasteiger partial charge in [0.1, 0.15) is 0 Å². The third-order valence-corrected chi connectivity index (χ3v) is 7.51. The summed E-state index contributed by atoms with van der Waals surface area (Å²) in [4.78, 5) is 28.8. The zero-order valence-corrected chi connectivity index (χ0v) is 15.9. The third-order valence-electron chi connectivity index (χ3n) is 7.51. The number of carbonyl (C=O) groups excluding carboxylic acids is 2. The van der Waals surface area contributed by atoms with Crippen LogP contribution in [0.15, 0.2) is 48.5 Å². The summed E-state index contributed by atoms with van der Waals surface area (Å²) < 4.78 is 5.74. The van der Waals surface area contributed by atoms with E-state index in [1.807, 2.05) is 31.2 Å². The summed E-state index contributed by atoms with van der Waals surface area (Å²) in [5, 5.41) is 0. The number of carbonyl (C=O) groups is 2. The lowest BCUT2D eigenvalue weighted by atomic mass is 9.48. The minimum Gasteiger partial charge on any atom is -0.376 e. The molecule has 28 heavy (non-hydrogen) atoms. The Morgan fingerprint density at radius 2 is 1.61 bits per heavy atom. The second kappa shape index (κ2) is 5.54. The average molecular weight is 373 g/mol. The van der Waals surface area contributed by atoms with Gasteiger partial charge in [-0.05, 0) is 42.0 Å². The first-order valence-electron chi connectivity index (χ1n) is 10.3. The van der Waals surface area contributed by atoms with Crippen molar-refractivity contribution in [2.24, 2.45) is 11.3 Å². The molecule has 2 aromatic carbocycles. The predicted octanol–water partition coefficient (Wildman–Crippen LogP) is 3.45. The average Bonchev–Trinajstić information content (AvgIpc) is 3.30. The Hall–Kier alpha value is -2.46. The van der Waals surface area contributed by atoms with Gasteiger partial charge < -0.3 is 4.74 Å². The molecule has 0 aromatic heterocycles. The Bertz CT molecular complexity index is 961. The standard InChI is InChI=1S/C24H23NO3/c1-24-20-17-10-4-2-8-15(17)19(16-9-3-5-11-18(16)20)21(24)22(26)25(23(24)27)13-14-7-6-12-28-14/h2-5,8-11,14,19-21H,6-7,12-13H2,1H3/t14-,19?,20?,21+,24-/m1/s1. The van der Waals surface area contributed by atoms with Gasteiger partial charge in [-0.1, -0.05) is 48.5 Å². The molecule has 2 amide bonds. The van der Waals surface area contributed by atoms with Crippen molar-refractivity contribution in [2.75, 3.05) is 13.2 Å². The van der Waals surface area contributed by atoms with Gasteiger partial charge in [-0.2, -0.15) is 0 Å². The van der Waals surface area contributed by atoms with E-state index >= 15 is 0 Å². The van der Waals surface area contributed by atoms with Crippen molar-refractivity contribution in [2.45, 2.75) is 37.7 Å². The molecule has 4 heteroatoms. The Labute approximate surface area is 164 Å². The molecule has 3 aliphatic carbocycles. The van der Waals surface area contributed by atoms with E-state index in [1.165, 1.54) is 27.2 Å². The first kappa shape index (κ1) is 16.5. The van der Waals surface area contributed by atoms with Gasteiger partial charge in [-0.25, -0.2) is 0 Å². The maximum atomic E-state index is 13.7. The van der Waals surface area contributed by atoms with Gasteiger partial charge in [-0.3, -0.25) is 14.5 Å². The van der Waals surface area contributed by atoms with E-state index in [2.05, 4.69) is 24.3 Å². The smallest absolute Gasteiger partial charge is 0.237 e. The van der Waals surface area contributed by atoms with E-state index in [9.17, 15) is 9.59 Å². The summed E-state index contributed by atoms with van der Waals surface area (Å²) in [5.74, 6) is -0.468. The summed E-state index contributed by atoms with van der Waals surface area (Å²) in [6.07, 6.45) is 1.91. The van der Waals surface area contributed by atoms with Crippen LogP contribution < -0.4 is 0 Å². The highest BCUT2D eigenvalue weighted by Gasteiger charge is 2.68. The molecule has 2 aliphatic heterocycles. The number of benzene rings is 2. The number of hydrogen-bond donors (Lipinski definition) is 0. The molecule has 4 nitrogen and oxygen atoms in total. The highest BCUT2D eigenvalue weighted by molar-refractivity contribution is 6.10. The first-order chi connectivity index (χ1) is 13.6. The molecule has 2 aromatic rings. The molecule has 3 atom stereocenters. The number of rotatable bonds is 2. The maximum absolute atomic E-state index is 13.7. The minimum atomic E-state index is -0.719. The SMILES string of the molecule is C[C@]12C(=O)N(C[C@H]3CCCO3)C(=O)[C@@H]1C1c3ccccc3C2c2ccccc21. The lowest BCUT2D eigenvalue weighted by Gasteiger charge is -2.51. The van der Waals surface area contributed by atoms with Crippen LogP contribution in [-0.2, 0) is 14.3 Å². The fraction of sp³-hybridized carbons (Fsp3) is 0.417. The molecule has 2 heterocycles. The zero-order chi connectivity index (χ0) is 19.0. The van der Waals surface area contributed by atoms with Crippen LogP contribution in [0.25, 0.3) is 0 Å². The predicted molar refractivity (Wildman–Crippen MR) is 104 cm³/mol. The lowest BCUT2D eigenvalue weighted by molar-refractivity contribution is -0.143. The Morgan fingerprint density at radius 1 is 1.00 bits per heavy atom. The Morgan fingerprint density at radius 3 is 2.18 bits per heavy atom. The second-order valence-corrected chi connectivity index (χ2v) is 8.82. The van der Waals surface area contributed by atoms with Gasteiger partial charge in [-0.15, -0.1) is 0 Å². The number of imide groups is 1. The lowest BCUT2D eigenvalue weighted by Crippen LogP contribution is -2.49. The summed E-state index contributed by atoms with van der Waals surface area (Å²) in [6, 6.07) is 16.8. The number of nitrogens with zero attached hydrogens (tertiary/aromatic N) is 1. The summed E-state index contributed by atoms with van der Waals surface area (Å²) >= 11 is 0. The highest BCUT2D eigenvalue weighted by Crippen LogP contribution is 2.66. The number of hydrogen-bond acceptors (Lipinski definition) is 3. The van der Waals surface area contributed by atoms with Crippen LogP contribution in [0.1, 0.15) is 53.9 Å². The molecule has 2 saturated heterocycles. The number of amides is 2. The molecule has 7 rings (SSSR count). The Balaban J connectivity index is 1.53. The molecular formula is C24H23NO3. The van der Waals surface area contributed by atoms with E-state index in [0.717, 1.165) is 19.4 Å². The first-order valence-corrected chi connectivity index (χ1v) is 10.3. The maximum Gasteiger partial charge on any atom is 0.237 e. The van der Waals surface area contributed by atoms with E-state index in [1.54, 1.807) is 0 Å². The van der Waals surface area contributed by atoms with Crippen molar-refractivity contribution < 1.29 is 14.3 Å². The fourth-order valence-corrected chi connectivity index (χ4v) is 6.36. The number of likely N-dealkylation sites (tertiary alicyclic amines) is 1. The molecule has 5 aliphatic rings. The monoisotopic (exact) mass is 373 g/mol. The van der Waals surface area contributed by atoms with E-state index in [4.69, 9.17) is 4.74 Å². The van der Waals surface area contributed by atoms with Gasteiger partial charge in [0.15, 0.2) is 0 Å². The molecule has 0 unspecified atom stereocenters. The quantitative estimate of drug-likeness (QED) is 0.758. The minimum absolute atomic E-state index is 0.0120. The zero-order valence-electron chi connectivity index (χ0n) is 15.9. The van der Waals surface area contributed by atoms with Crippen LogP contribution in [0.2, 0.25) is 0 Å². The summed E-state index contributed by atoms with van der Waals surface area (Å²) in [7, 11) is 0. The molecule has 2 fully saturated rings. The molecule has 142 valence electrons. The third kappa shape index (κ3) is 1.84. The van der Waals surface area contributed by atoms with Crippen LogP contribution >= 0.6 is 0 Å². The van der Waals surface area contributed by atoms with E-state index < -0.39 is 5.41 Å². The van der Waals surface area contributed by atoms with Crippen molar-refractivity contribution in [3.63, 3.8) is 0 Å². The van der Waals surface area contributed by atoms with Crippen molar-refractivity contribution >= 4 is 11.8 Å². The van der Waals surface area contributed by atoms with Gasteiger partial charge in [0, 0.05) is 18.4 Å². The topological polar surface area (TPSA) is 46.6 Å². The number of ether oxygens (including phenoxy) is 1. The molecule has 0 radical (unpaired) electrons. The fourth-order valence-electron chi connectivity index (χ4n) is 6.36. The van der Waals surface area contributed by atoms with Crippen LogP contribution in [0.4, 0.5) is 0 Å². The summed E-state index contributed by atoms with van der Waals surface area (Å²) in [6.45, 7) is 3.15. The van der Waals surface area contributed by atoms with Crippen LogP contribution in [0.3, 0.4) is 0 Å². The largest absolute Gasteiger partial charge is 0.376 e. The van der Waals surface area contributed by atoms with Gasteiger partial charge >= 0.3 is 0 Å². The molecule has 0 N–H and O–H groups in total. The normalized spacial score (nSPS) is 35.1. The van der Waals surface area contributed by atoms with E-state index in [0.29, 0.717) is 6.54 Å². The van der Waals surface area contributed by atoms with Gasteiger partial charge in [0.2, 0.25) is 11.8 Å². The van der Waals surface area contributed by atoms with Crippen molar-refractivity contribution in [3.05, 3.63) is 70.8 Å². The van der Waals surface area contributed by atoms with Crippen LogP contribution in [0.5, 0.6) is 0 Å².